The van der Waals surface area contributed by atoms with Crippen LogP contribution in [0.15, 0.2) is 86.5 Å². The molecule has 0 saturated carbocycles. The van der Waals surface area contributed by atoms with Gasteiger partial charge in [0.25, 0.3) is 15.9 Å². The molecule has 0 fully saturated rings. The molecule has 9 nitrogen and oxygen atoms in total. The minimum atomic E-state index is -3.83. The van der Waals surface area contributed by atoms with Gasteiger partial charge in [-0.1, -0.05) is 42.5 Å². The van der Waals surface area contributed by atoms with Gasteiger partial charge in [0.1, 0.15) is 10.7 Å². The summed E-state index contributed by atoms with van der Waals surface area (Å²) in [6.07, 6.45) is 3.86. The highest BCUT2D eigenvalue weighted by molar-refractivity contribution is 14.1. The Hall–Kier alpha value is -3.84. The summed E-state index contributed by atoms with van der Waals surface area (Å²) in [5.74, 6) is 0.327. The van der Waals surface area contributed by atoms with Crippen LogP contribution in [0.4, 0.5) is 5.82 Å². The Kier molecular flexibility index (Phi) is 5.26. The number of fused-ring (bicyclic) bond motifs is 2. The molecule has 2 aliphatic rings. The number of allylic oxidation sites excluding steroid dienone is 1. The lowest BCUT2D eigenvalue weighted by Gasteiger charge is -2.07. The van der Waals surface area contributed by atoms with E-state index >= 15 is 0 Å². The standard InChI is InChI=1S/C25H17IN6O3S/c26-19-11-21(15-7-9-22-17(10-15)25(33)31-36(22,34)35)30-24-18(13-29-32(24)23(19)27)16-6-8-20(28-12-16)14-4-2-1-3-5-14/h1-10,12-13H,11,27H2,(H,31,33). The van der Waals surface area contributed by atoms with Crippen molar-refractivity contribution in [3.8, 4) is 22.4 Å². The summed E-state index contributed by atoms with van der Waals surface area (Å²) in [7, 11) is -3.83. The third kappa shape index (κ3) is 3.71. The number of nitrogens with two attached hydrogens (primary N) is 1. The molecule has 11 heteroatoms. The van der Waals surface area contributed by atoms with Crippen LogP contribution in [0.3, 0.4) is 0 Å². The van der Waals surface area contributed by atoms with Gasteiger partial charge in [-0.2, -0.15) is 9.78 Å². The van der Waals surface area contributed by atoms with Crippen LogP contribution < -0.4 is 10.5 Å². The van der Waals surface area contributed by atoms with E-state index < -0.39 is 15.9 Å². The number of amides is 1. The van der Waals surface area contributed by atoms with Gasteiger partial charge in [0.05, 0.1) is 23.2 Å². The van der Waals surface area contributed by atoms with Crippen LogP contribution in [0.25, 0.3) is 28.2 Å². The highest BCUT2D eigenvalue weighted by atomic mass is 127. The van der Waals surface area contributed by atoms with Crippen LogP contribution in [0.1, 0.15) is 22.3 Å². The number of hydrogen-bond donors (Lipinski definition) is 2. The van der Waals surface area contributed by atoms with E-state index in [2.05, 4.69) is 32.7 Å². The monoisotopic (exact) mass is 608 g/mol. The largest absolute Gasteiger partial charge is 0.383 e. The van der Waals surface area contributed by atoms with Crippen molar-refractivity contribution in [1.82, 2.24) is 19.5 Å². The molecule has 0 bridgehead atoms. The minimum Gasteiger partial charge on any atom is -0.383 e. The third-order valence-corrected chi connectivity index (χ3v) is 8.35. The molecule has 0 unspecified atom stereocenters. The number of nitrogens with one attached hydrogen (secondary N) is 1. The first kappa shape index (κ1) is 22.6. The zero-order valence-corrected chi connectivity index (χ0v) is 21.5. The Morgan fingerprint density at radius 3 is 2.47 bits per heavy atom. The maximum Gasteiger partial charge on any atom is 0.266 e. The second-order valence-electron chi connectivity index (χ2n) is 8.26. The number of carbonyl (C=O) groups is 1. The van der Waals surface area contributed by atoms with Crippen LogP contribution in [-0.4, -0.2) is 34.8 Å². The lowest BCUT2D eigenvalue weighted by atomic mass is 10.0. The van der Waals surface area contributed by atoms with E-state index in [1.54, 1.807) is 29.2 Å². The molecule has 0 atom stereocenters. The molecule has 0 radical (unpaired) electrons. The number of carbonyl (C=O) groups excluding carboxylic acids is 1. The average Bonchev–Trinajstić information content (AvgIpc) is 3.36. The van der Waals surface area contributed by atoms with Crippen molar-refractivity contribution in [3.63, 3.8) is 0 Å². The van der Waals surface area contributed by atoms with E-state index in [-0.39, 0.29) is 10.5 Å². The van der Waals surface area contributed by atoms with Gasteiger partial charge in [0.15, 0.2) is 5.82 Å². The fourth-order valence-corrected chi connectivity index (χ4v) is 5.94. The molecule has 3 N–H and O–H groups in total. The number of halogens is 1. The molecule has 4 heterocycles. The molecule has 2 aliphatic heterocycles. The topological polar surface area (TPSA) is 132 Å². The van der Waals surface area contributed by atoms with E-state index in [1.165, 1.54) is 6.07 Å². The summed E-state index contributed by atoms with van der Waals surface area (Å²) in [5, 5.41) is 4.47. The number of aromatic nitrogens is 3. The van der Waals surface area contributed by atoms with Crippen LogP contribution in [0, 0.1) is 0 Å². The second kappa shape index (κ2) is 8.38. The summed E-state index contributed by atoms with van der Waals surface area (Å²) < 4.78 is 28.7. The van der Waals surface area contributed by atoms with Crippen molar-refractivity contribution in [3.05, 3.63) is 87.8 Å². The van der Waals surface area contributed by atoms with E-state index in [0.29, 0.717) is 29.3 Å². The number of benzene rings is 2. The first-order valence-electron chi connectivity index (χ1n) is 10.9. The van der Waals surface area contributed by atoms with Crippen molar-refractivity contribution in [1.29, 1.82) is 0 Å². The maximum atomic E-state index is 12.2. The normalized spacial score (nSPS) is 16.1. The summed E-state index contributed by atoms with van der Waals surface area (Å²) in [6, 6.07) is 18.4. The Morgan fingerprint density at radius 2 is 1.72 bits per heavy atom. The summed E-state index contributed by atoms with van der Waals surface area (Å²) in [4.78, 5) is 21.7. The van der Waals surface area contributed by atoms with E-state index in [1.807, 2.05) is 47.2 Å². The van der Waals surface area contributed by atoms with E-state index in [0.717, 1.165) is 26.0 Å². The van der Waals surface area contributed by atoms with Crippen molar-refractivity contribution < 1.29 is 13.2 Å². The minimum absolute atomic E-state index is 0.0365. The number of nitrogens with zero attached hydrogens (tertiary/aromatic N) is 4. The lowest BCUT2D eigenvalue weighted by molar-refractivity contribution is 0.0985. The molecule has 178 valence electrons. The fraction of sp³-hybridized carbons (Fsp3) is 0.0400. The molecule has 0 spiro atoms. The number of aliphatic imine (C=N–C) groups is 1. The predicted octanol–water partition coefficient (Wildman–Crippen LogP) is 4.09. The average molecular weight is 608 g/mol. The smallest absolute Gasteiger partial charge is 0.266 e. The molecule has 0 saturated heterocycles. The maximum absolute atomic E-state index is 12.2. The number of sulfonamides is 1. The van der Waals surface area contributed by atoms with Crippen LogP contribution in [0.5, 0.6) is 0 Å². The number of pyridine rings is 1. The van der Waals surface area contributed by atoms with Crippen molar-refractivity contribution >= 4 is 55.9 Å². The molecule has 2 aromatic carbocycles. The Morgan fingerprint density at radius 1 is 0.944 bits per heavy atom. The van der Waals surface area contributed by atoms with Crippen LogP contribution >= 0.6 is 22.6 Å². The highest BCUT2D eigenvalue weighted by Crippen LogP contribution is 2.37. The summed E-state index contributed by atoms with van der Waals surface area (Å²) in [6.45, 7) is 0. The Labute approximate surface area is 220 Å². The van der Waals surface area contributed by atoms with Crippen LogP contribution in [-0.2, 0) is 10.0 Å². The zero-order valence-electron chi connectivity index (χ0n) is 18.5. The molecule has 0 aliphatic carbocycles. The quantitative estimate of drug-likeness (QED) is 0.337. The first-order valence-corrected chi connectivity index (χ1v) is 13.4. The lowest BCUT2D eigenvalue weighted by Crippen LogP contribution is -2.20. The number of hydrogen-bond acceptors (Lipinski definition) is 7. The van der Waals surface area contributed by atoms with Gasteiger partial charge in [0, 0.05) is 32.9 Å². The van der Waals surface area contributed by atoms with Gasteiger partial charge in [-0.25, -0.2) is 18.1 Å². The van der Waals surface area contributed by atoms with Gasteiger partial charge < -0.3 is 5.73 Å². The van der Waals surface area contributed by atoms with Crippen molar-refractivity contribution in [2.45, 2.75) is 11.3 Å². The first-order chi connectivity index (χ1) is 17.3. The molecular formula is C25H17IN6O3S. The molecule has 1 amide bonds. The van der Waals surface area contributed by atoms with Gasteiger partial charge in [-0.15, -0.1) is 0 Å². The second-order valence-corrected chi connectivity index (χ2v) is 11.2. The zero-order chi connectivity index (χ0) is 25.0. The van der Waals surface area contributed by atoms with Gasteiger partial charge in [-0.3, -0.25) is 9.78 Å². The summed E-state index contributed by atoms with van der Waals surface area (Å²) in [5.41, 5.74) is 11.2. The van der Waals surface area contributed by atoms with Crippen molar-refractivity contribution in [2.24, 2.45) is 10.7 Å². The SMILES string of the molecule is NC1=C(I)CC(c2ccc3c(c2)C(=O)NS3(=O)=O)=Nc2c(-c3ccc(-c4ccccc4)nc3)cnn21. The third-order valence-electron chi connectivity index (χ3n) is 6.03. The fourth-order valence-electron chi connectivity index (χ4n) is 4.20. The van der Waals surface area contributed by atoms with E-state index in [9.17, 15) is 13.2 Å². The predicted molar refractivity (Wildman–Crippen MR) is 144 cm³/mol. The van der Waals surface area contributed by atoms with Crippen molar-refractivity contribution in [2.75, 3.05) is 0 Å². The van der Waals surface area contributed by atoms with Gasteiger partial charge >= 0.3 is 0 Å². The molecule has 4 aromatic rings. The van der Waals surface area contributed by atoms with E-state index in [4.69, 9.17) is 10.7 Å². The van der Waals surface area contributed by atoms with Gasteiger partial charge in [0.2, 0.25) is 0 Å². The molecule has 36 heavy (non-hydrogen) atoms. The van der Waals surface area contributed by atoms with Gasteiger partial charge in [-0.05, 0) is 46.4 Å². The Balaban J connectivity index is 1.45. The Bertz CT molecular complexity index is 1730. The molecular weight excluding hydrogens is 591 g/mol. The summed E-state index contributed by atoms with van der Waals surface area (Å²) >= 11 is 2.15. The molecule has 2 aromatic heterocycles. The molecule has 6 rings (SSSR count). The van der Waals surface area contributed by atoms with Crippen LogP contribution in [0.2, 0.25) is 0 Å². The number of rotatable bonds is 3. The highest BCUT2D eigenvalue weighted by Gasteiger charge is 2.33.